The zero-order valence-electron chi connectivity index (χ0n) is 34.5. The van der Waals surface area contributed by atoms with E-state index in [9.17, 15) is 0 Å². The Morgan fingerprint density at radius 3 is 1.48 bits per heavy atom. The molecule has 1 aromatic heterocycles. The molecule has 1 aliphatic rings. The van der Waals surface area contributed by atoms with Gasteiger partial charge in [0.1, 0.15) is 11.2 Å². The molecule has 0 bridgehead atoms. The molecule has 12 rings (SSSR count). The standard InChI is InChI=1S/C61H41NO/c1-5-18-42(19-6-1)43-32-34-44(35-33-43)45-36-38-49(39-37-45)62(48-24-11-4-12-25-48)58-41-57-54(40-55(58)53-29-17-28-52-51-27-14-16-31-59(51)63-60(52)53)50-26-13-15-30-56(50)61(57,46-20-7-2-8-21-46)47-22-9-3-10-23-47/h1-41H. The smallest absolute Gasteiger partial charge is 0.143 e. The zero-order chi connectivity index (χ0) is 41.7. The number of hydrogen-bond acceptors (Lipinski definition) is 2. The van der Waals surface area contributed by atoms with Crippen LogP contribution in [0.5, 0.6) is 0 Å². The van der Waals surface area contributed by atoms with Gasteiger partial charge in [-0.1, -0.05) is 206 Å². The van der Waals surface area contributed by atoms with Crippen molar-refractivity contribution in [3.05, 3.63) is 271 Å². The predicted octanol–water partition coefficient (Wildman–Crippen LogP) is 16.4. The molecule has 2 nitrogen and oxygen atoms in total. The number of anilines is 3. The maximum absolute atomic E-state index is 6.84. The van der Waals surface area contributed by atoms with Crippen molar-refractivity contribution in [1.82, 2.24) is 0 Å². The minimum Gasteiger partial charge on any atom is -0.455 e. The fraction of sp³-hybridized carbons (Fsp3) is 0.0164. The summed E-state index contributed by atoms with van der Waals surface area (Å²) in [6, 6.07) is 90.2. The molecule has 0 fully saturated rings. The Labute approximate surface area is 367 Å². The van der Waals surface area contributed by atoms with Gasteiger partial charge in [-0.05, 0) is 98.1 Å². The molecule has 1 heterocycles. The first-order valence-electron chi connectivity index (χ1n) is 21.7. The minimum atomic E-state index is -0.578. The van der Waals surface area contributed by atoms with Crippen molar-refractivity contribution in [2.75, 3.05) is 4.90 Å². The maximum atomic E-state index is 6.84. The topological polar surface area (TPSA) is 16.4 Å². The van der Waals surface area contributed by atoms with Crippen molar-refractivity contribution < 1.29 is 4.42 Å². The van der Waals surface area contributed by atoms with E-state index in [1.54, 1.807) is 0 Å². The fourth-order valence-corrected chi connectivity index (χ4v) is 10.1. The van der Waals surface area contributed by atoms with Crippen LogP contribution in [0.2, 0.25) is 0 Å². The Morgan fingerprint density at radius 1 is 0.317 bits per heavy atom. The Morgan fingerprint density at radius 2 is 0.810 bits per heavy atom. The number of furan rings is 1. The van der Waals surface area contributed by atoms with Gasteiger partial charge in [-0.2, -0.15) is 0 Å². The van der Waals surface area contributed by atoms with Crippen LogP contribution in [0.25, 0.3) is 66.4 Å². The van der Waals surface area contributed by atoms with Crippen molar-refractivity contribution in [3.63, 3.8) is 0 Å². The van der Waals surface area contributed by atoms with Gasteiger partial charge in [0.25, 0.3) is 0 Å². The molecular weight excluding hydrogens is 763 g/mol. The van der Waals surface area contributed by atoms with Crippen LogP contribution in [0, 0.1) is 0 Å². The van der Waals surface area contributed by atoms with Crippen LogP contribution < -0.4 is 4.90 Å². The van der Waals surface area contributed by atoms with E-state index < -0.39 is 5.41 Å². The third kappa shape index (κ3) is 5.95. The van der Waals surface area contributed by atoms with E-state index in [2.05, 4.69) is 248 Å². The van der Waals surface area contributed by atoms with Crippen molar-refractivity contribution >= 4 is 39.0 Å². The molecule has 0 radical (unpaired) electrons. The summed E-state index contributed by atoms with van der Waals surface area (Å²) in [5.74, 6) is 0. The first-order valence-corrected chi connectivity index (χ1v) is 21.7. The van der Waals surface area contributed by atoms with E-state index in [1.165, 1.54) is 50.1 Å². The van der Waals surface area contributed by atoms with Gasteiger partial charge in [0.05, 0.1) is 11.1 Å². The van der Waals surface area contributed by atoms with Gasteiger partial charge < -0.3 is 9.32 Å². The Bertz CT molecular complexity index is 3370. The lowest BCUT2D eigenvalue weighted by atomic mass is 9.67. The summed E-state index contributed by atoms with van der Waals surface area (Å²) in [5, 5.41) is 2.22. The summed E-state index contributed by atoms with van der Waals surface area (Å²) in [6.07, 6.45) is 0. The van der Waals surface area contributed by atoms with Gasteiger partial charge in [-0.3, -0.25) is 0 Å². The second-order valence-corrected chi connectivity index (χ2v) is 16.4. The lowest BCUT2D eigenvalue weighted by Crippen LogP contribution is -2.28. The molecule has 0 unspecified atom stereocenters. The van der Waals surface area contributed by atoms with Crippen LogP contribution in [0.4, 0.5) is 17.1 Å². The second-order valence-electron chi connectivity index (χ2n) is 16.4. The molecule has 0 N–H and O–H groups in total. The molecule has 0 saturated carbocycles. The first kappa shape index (κ1) is 36.6. The number of nitrogens with zero attached hydrogens (tertiary/aromatic N) is 1. The van der Waals surface area contributed by atoms with Crippen LogP contribution in [0.1, 0.15) is 22.3 Å². The van der Waals surface area contributed by atoms with E-state index >= 15 is 0 Å². The van der Waals surface area contributed by atoms with Crippen LogP contribution in [0.3, 0.4) is 0 Å². The van der Waals surface area contributed by atoms with Gasteiger partial charge in [-0.15, -0.1) is 0 Å². The summed E-state index contributed by atoms with van der Waals surface area (Å²) in [6.45, 7) is 0. The number of fused-ring (bicyclic) bond motifs is 6. The van der Waals surface area contributed by atoms with Crippen LogP contribution >= 0.6 is 0 Å². The van der Waals surface area contributed by atoms with Crippen LogP contribution in [-0.2, 0) is 5.41 Å². The molecular formula is C61H41NO. The van der Waals surface area contributed by atoms with E-state index in [4.69, 9.17) is 4.42 Å². The lowest BCUT2D eigenvalue weighted by Gasteiger charge is -2.35. The van der Waals surface area contributed by atoms with Gasteiger partial charge in [0, 0.05) is 33.3 Å². The first-order chi connectivity index (χ1) is 31.3. The average molecular weight is 804 g/mol. The molecule has 11 aromatic rings. The quantitative estimate of drug-likeness (QED) is 0.152. The monoisotopic (exact) mass is 803 g/mol. The zero-order valence-corrected chi connectivity index (χ0v) is 34.5. The summed E-state index contributed by atoms with van der Waals surface area (Å²) >= 11 is 0. The predicted molar refractivity (Wildman–Crippen MR) is 262 cm³/mol. The molecule has 63 heavy (non-hydrogen) atoms. The van der Waals surface area contributed by atoms with E-state index in [0.29, 0.717) is 0 Å². The van der Waals surface area contributed by atoms with Gasteiger partial charge >= 0.3 is 0 Å². The van der Waals surface area contributed by atoms with E-state index in [-0.39, 0.29) is 0 Å². The third-order valence-corrected chi connectivity index (χ3v) is 13.0. The van der Waals surface area contributed by atoms with E-state index in [0.717, 1.165) is 55.7 Å². The largest absolute Gasteiger partial charge is 0.455 e. The van der Waals surface area contributed by atoms with Crippen molar-refractivity contribution in [2.24, 2.45) is 0 Å². The normalized spacial score (nSPS) is 12.6. The van der Waals surface area contributed by atoms with Crippen molar-refractivity contribution in [1.29, 1.82) is 0 Å². The van der Waals surface area contributed by atoms with Crippen molar-refractivity contribution in [2.45, 2.75) is 5.41 Å². The summed E-state index contributed by atoms with van der Waals surface area (Å²) in [4.78, 5) is 2.43. The lowest BCUT2D eigenvalue weighted by molar-refractivity contribution is 0.670. The molecule has 0 spiro atoms. The number of para-hydroxylation sites is 3. The van der Waals surface area contributed by atoms with E-state index in [1.807, 2.05) is 6.07 Å². The summed E-state index contributed by atoms with van der Waals surface area (Å²) < 4.78 is 6.84. The number of rotatable bonds is 8. The van der Waals surface area contributed by atoms with Gasteiger partial charge in [0.2, 0.25) is 0 Å². The molecule has 10 aromatic carbocycles. The molecule has 0 saturated heterocycles. The highest BCUT2D eigenvalue weighted by Crippen LogP contribution is 2.59. The fourth-order valence-electron chi connectivity index (χ4n) is 10.1. The Hall–Kier alpha value is -8.20. The highest BCUT2D eigenvalue weighted by Gasteiger charge is 2.47. The molecule has 296 valence electrons. The molecule has 0 aliphatic heterocycles. The second kappa shape index (κ2) is 15.1. The molecule has 1 aliphatic carbocycles. The van der Waals surface area contributed by atoms with Crippen LogP contribution in [0.15, 0.2) is 253 Å². The highest BCUT2D eigenvalue weighted by molar-refractivity contribution is 6.11. The number of hydrogen-bond donors (Lipinski definition) is 0. The van der Waals surface area contributed by atoms with Crippen LogP contribution in [-0.4, -0.2) is 0 Å². The summed E-state index contributed by atoms with van der Waals surface area (Å²) in [7, 11) is 0. The van der Waals surface area contributed by atoms with Gasteiger partial charge in [0.15, 0.2) is 0 Å². The van der Waals surface area contributed by atoms with Crippen molar-refractivity contribution in [3.8, 4) is 44.5 Å². The average Bonchev–Trinajstić information content (AvgIpc) is 3.89. The molecule has 0 atom stereocenters. The van der Waals surface area contributed by atoms with Gasteiger partial charge in [-0.25, -0.2) is 0 Å². The Balaban J connectivity index is 1.13. The minimum absolute atomic E-state index is 0.578. The molecule has 0 amide bonds. The number of benzene rings is 10. The maximum Gasteiger partial charge on any atom is 0.143 e. The Kier molecular flexibility index (Phi) is 8.76. The summed E-state index contributed by atoms with van der Waals surface area (Å²) in [5.41, 5.74) is 18.7. The molecule has 2 heteroatoms. The third-order valence-electron chi connectivity index (χ3n) is 13.0. The highest BCUT2D eigenvalue weighted by atomic mass is 16.3. The SMILES string of the molecule is c1ccc(-c2ccc(-c3ccc(N(c4ccccc4)c4cc5c(cc4-c4cccc6c4oc4ccccc46)-c4ccccc4C5(c4ccccc4)c4ccccc4)cc3)cc2)cc1.